The maximum Gasteiger partial charge on any atom is 0.279 e. The summed E-state index contributed by atoms with van der Waals surface area (Å²) in [4.78, 5) is 17.0. The van der Waals surface area contributed by atoms with Gasteiger partial charge in [0, 0.05) is 13.3 Å². The predicted molar refractivity (Wildman–Crippen MR) is 68.3 cm³/mol. The average molecular weight is 292 g/mol. The number of hydroxylamine groups is 2. The first-order valence-corrected chi connectivity index (χ1v) is 7.45. The van der Waals surface area contributed by atoms with Crippen LogP contribution in [0.2, 0.25) is 5.02 Å². The van der Waals surface area contributed by atoms with Gasteiger partial charge in [0.25, 0.3) is 5.91 Å². The van der Waals surface area contributed by atoms with Crippen LogP contribution in [0.3, 0.4) is 0 Å². The first-order chi connectivity index (χ1) is 8.29. The Morgan fingerprint density at radius 1 is 1.44 bits per heavy atom. The predicted octanol–water partition coefficient (Wildman–Crippen LogP) is 1.77. The molecular weight excluding hydrogens is 278 g/mol. The van der Waals surface area contributed by atoms with Crippen molar-refractivity contribution in [3.05, 3.63) is 28.8 Å². The monoisotopic (exact) mass is 291 g/mol. The summed E-state index contributed by atoms with van der Waals surface area (Å²) >= 11 is 5.91. The molecule has 0 heterocycles. The van der Waals surface area contributed by atoms with Crippen molar-refractivity contribution >= 4 is 27.3 Å². The second kappa shape index (κ2) is 5.69. The summed E-state index contributed by atoms with van der Waals surface area (Å²) in [6.07, 6.45) is 1.02. The van der Waals surface area contributed by atoms with Gasteiger partial charge < -0.3 is 0 Å². The van der Waals surface area contributed by atoms with Crippen LogP contribution in [0.5, 0.6) is 0 Å². The van der Waals surface area contributed by atoms with Gasteiger partial charge in [0.2, 0.25) is 0 Å². The maximum atomic E-state index is 12.1. The highest BCUT2D eigenvalue weighted by Gasteiger charge is 2.24. The molecule has 1 aromatic rings. The fourth-order valence-electron chi connectivity index (χ4n) is 1.43. The van der Waals surface area contributed by atoms with Crippen molar-refractivity contribution in [2.24, 2.45) is 0 Å². The molecule has 0 bridgehead atoms. The largest absolute Gasteiger partial charge is 0.279 e. The van der Waals surface area contributed by atoms with Gasteiger partial charge in [-0.25, -0.2) is 13.5 Å². The summed E-state index contributed by atoms with van der Waals surface area (Å²) in [6, 6.07) is 4.29. The topological polar surface area (TPSA) is 63.7 Å². The van der Waals surface area contributed by atoms with Gasteiger partial charge in [0.05, 0.1) is 22.1 Å². The molecular formula is C11H14ClNO4S. The number of carbonyl (C=O) groups excluding carboxylic acids is 1. The minimum Gasteiger partial charge on any atom is -0.271 e. The summed E-state index contributed by atoms with van der Waals surface area (Å²) in [6.45, 7) is 2.01. The molecule has 0 aliphatic rings. The van der Waals surface area contributed by atoms with Crippen LogP contribution < -0.4 is 0 Å². The number of nitrogens with zero attached hydrogens (tertiary/aromatic N) is 1. The van der Waals surface area contributed by atoms with Gasteiger partial charge in [-0.1, -0.05) is 17.7 Å². The third-order valence-corrected chi connectivity index (χ3v) is 3.65. The lowest BCUT2D eigenvalue weighted by molar-refractivity contribution is -0.100. The molecule has 18 heavy (non-hydrogen) atoms. The molecule has 0 aliphatic heterocycles. The van der Waals surface area contributed by atoms with Crippen LogP contribution in [0.15, 0.2) is 23.1 Å². The fraction of sp³-hybridized carbons (Fsp3) is 0.364. The van der Waals surface area contributed by atoms with Gasteiger partial charge in [0.15, 0.2) is 9.84 Å². The second-order valence-corrected chi connectivity index (χ2v) is 6.00. The van der Waals surface area contributed by atoms with Crippen LogP contribution in [-0.4, -0.2) is 39.3 Å². The quantitative estimate of drug-likeness (QED) is 0.793. The SMILES string of the molecule is CCON(C)C(=O)c1c(Cl)cccc1S(C)(=O)=O. The molecule has 0 N–H and O–H groups in total. The zero-order valence-corrected chi connectivity index (χ0v) is 11.9. The number of halogens is 1. The normalized spacial score (nSPS) is 11.3. The standard InChI is InChI=1S/C11H14ClNO4S/c1-4-17-13(2)11(14)10-8(12)6-5-7-9(10)18(3,15)16/h5-7H,4H2,1-3H3. The molecule has 1 aromatic carbocycles. The molecule has 0 atom stereocenters. The Morgan fingerprint density at radius 2 is 2.06 bits per heavy atom. The number of amides is 1. The van der Waals surface area contributed by atoms with E-state index in [4.69, 9.17) is 16.4 Å². The van der Waals surface area contributed by atoms with Crippen LogP contribution in [0.25, 0.3) is 0 Å². The Bertz CT molecular complexity index is 556. The van der Waals surface area contributed by atoms with Crippen molar-refractivity contribution in [3.8, 4) is 0 Å². The van der Waals surface area contributed by atoms with Gasteiger partial charge >= 0.3 is 0 Å². The van der Waals surface area contributed by atoms with Crippen LogP contribution in [0.1, 0.15) is 17.3 Å². The highest BCUT2D eigenvalue weighted by Crippen LogP contribution is 2.25. The van der Waals surface area contributed by atoms with E-state index < -0.39 is 15.7 Å². The van der Waals surface area contributed by atoms with Gasteiger partial charge in [0.1, 0.15) is 0 Å². The Labute approximate surface area is 111 Å². The van der Waals surface area contributed by atoms with Crippen LogP contribution in [0, 0.1) is 0 Å². The van der Waals surface area contributed by atoms with Crippen LogP contribution in [-0.2, 0) is 14.7 Å². The highest BCUT2D eigenvalue weighted by molar-refractivity contribution is 7.90. The molecule has 0 aromatic heterocycles. The molecule has 0 fully saturated rings. The van der Waals surface area contributed by atoms with E-state index in [1.54, 1.807) is 6.92 Å². The maximum absolute atomic E-state index is 12.1. The Kier molecular flexibility index (Phi) is 4.72. The zero-order valence-electron chi connectivity index (χ0n) is 10.3. The lowest BCUT2D eigenvalue weighted by Crippen LogP contribution is -2.28. The van der Waals surface area contributed by atoms with Gasteiger partial charge in [-0.3, -0.25) is 9.63 Å². The van der Waals surface area contributed by atoms with Crippen molar-refractivity contribution in [1.82, 2.24) is 5.06 Å². The van der Waals surface area contributed by atoms with E-state index in [9.17, 15) is 13.2 Å². The smallest absolute Gasteiger partial charge is 0.271 e. The van der Waals surface area contributed by atoms with E-state index in [0.717, 1.165) is 11.3 Å². The number of rotatable bonds is 4. The van der Waals surface area contributed by atoms with E-state index in [1.165, 1.54) is 25.2 Å². The summed E-state index contributed by atoms with van der Waals surface area (Å²) < 4.78 is 23.2. The van der Waals surface area contributed by atoms with Crippen molar-refractivity contribution in [1.29, 1.82) is 0 Å². The first kappa shape index (κ1) is 14.9. The molecule has 7 heteroatoms. The molecule has 0 radical (unpaired) electrons. The third kappa shape index (κ3) is 3.22. The molecule has 0 unspecified atom stereocenters. The number of benzene rings is 1. The Hall–Kier alpha value is -1.11. The lowest BCUT2D eigenvalue weighted by Gasteiger charge is -2.18. The molecule has 0 aliphatic carbocycles. The average Bonchev–Trinajstić information content (AvgIpc) is 2.27. The lowest BCUT2D eigenvalue weighted by atomic mass is 10.2. The van der Waals surface area contributed by atoms with Crippen molar-refractivity contribution in [2.45, 2.75) is 11.8 Å². The van der Waals surface area contributed by atoms with Crippen LogP contribution >= 0.6 is 11.6 Å². The molecule has 1 rings (SSSR count). The number of carbonyl (C=O) groups is 1. The van der Waals surface area contributed by atoms with E-state index in [-0.39, 0.29) is 15.5 Å². The third-order valence-electron chi connectivity index (χ3n) is 2.20. The van der Waals surface area contributed by atoms with Gasteiger partial charge in [-0.05, 0) is 19.1 Å². The van der Waals surface area contributed by atoms with E-state index in [1.807, 2.05) is 0 Å². The van der Waals surface area contributed by atoms with Crippen molar-refractivity contribution in [2.75, 3.05) is 19.9 Å². The summed E-state index contributed by atoms with van der Waals surface area (Å²) in [5.41, 5.74) is -0.0717. The molecule has 0 saturated heterocycles. The summed E-state index contributed by atoms with van der Waals surface area (Å²) in [5.74, 6) is -0.595. The molecule has 100 valence electrons. The highest BCUT2D eigenvalue weighted by atomic mass is 35.5. The fourth-order valence-corrected chi connectivity index (χ4v) is 2.64. The molecule has 1 amide bonds. The van der Waals surface area contributed by atoms with E-state index >= 15 is 0 Å². The number of hydrogen-bond acceptors (Lipinski definition) is 4. The van der Waals surface area contributed by atoms with E-state index in [2.05, 4.69) is 0 Å². The minimum atomic E-state index is -3.54. The summed E-state index contributed by atoms with van der Waals surface area (Å²) in [7, 11) is -2.13. The zero-order chi connectivity index (χ0) is 13.9. The van der Waals surface area contributed by atoms with Crippen molar-refractivity contribution in [3.63, 3.8) is 0 Å². The van der Waals surface area contributed by atoms with Gasteiger partial charge in [-0.2, -0.15) is 0 Å². The molecule has 0 saturated carbocycles. The summed E-state index contributed by atoms with van der Waals surface area (Å²) in [5, 5.41) is 1.05. The Morgan fingerprint density at radius 3 is 2.56 bits per heavy atom. The van der Waals surface area contributed by atoms with E-state index in [0.29, 0.717) is 6.61 Å². The van der Waals surface area contributed by atoms with Crippen molar-refractivity contribution < 1.29 is 18.0 Å². The number of sulfone groups is 1. The molecule has 0 spiro atoms. The van der Waals surface area contributed by atoms with Gasteiger partial charge in [-0.15, -0.1) is 0 Å². The minimum absolute atomic E-state index is 0.0717. The number of hydrogen-bond donors (Lipinski definition) is 0. The second-order valence-electron chi connectivity index (χ2n) is 3.61. The van der Waals surface area contributed by atoms with Crippen LogP contribution in [0.4, 0.5) is 0 Å². The Balaban J connectivity index is 3.36. The molecule has 5 nitrogen and oxygen atoms in total. The first-order valence-electron chi connectivity index (χ1n) is 5.18.